The van der Waals surface area contributed by atoms with Crippen molar-refractivity contribution < 1.29 is 10.2 Å². The van der Waals surface area contributed by atoms with Gasteiger partial charge in [0, 0.05) is 6.61 Å². The first-order valence-corrected chi connectivity index (χ1v) is 3.79. The summed E-state index contributed by atoms with van der Waals surface area (Å²) in [5.41, 5.74) is 0. The van der Waals surface area contributed by atoms with Crippen molar-refractivity contribution in [3.63, 3.8) is 0 Å². The second kappa shape index (κ2) is 8.92. The molecule has 0 saturated carbocycles. The van der Waals surface area contributed by atoms with Gasteiger partial charge in [-0.25, -0.2) is 0 Å². The molecule has 2 nitrogen and oxygen atoms in total. The lowest BCUT2D eigenvalue weighted by Gasteiger charge is -1.95. The van der Waals surface area contributed by atoms with Crippen molar-refractivity contribution in [1.82, 2.24) is 0 Å². The van der Waals surface area contributed by atoms with E-state index in [9.17, 15) is 0 Å². The average molecular weight is 148 g/mol. The first-order valence-electron chi connectivity index (χ1n) is 3.79. The lowest BCUT2D eigenvalue weighted by atomic mass is 10.3. The number of aliphatic hydroxyl groups excluding tert-OH is 2. The third-order valence-corrected chi connectivity index (χ3v) is 0.547. The minimum atomic E-state index is -0.352. The van der Waals surface area contributed by atoms with Crippen LogP contribution in [-0.4, -0.2) is 22.9 Å². The molecule has 0 aromatic heterocycles. The van der Waals surface area contributed by atoms with Gasteiger partial charge < -0.3 is 10.2 Å². The van der Waals surface area contributed by atoms with Crippen LogP contribution in [0.15, 0.2) is 0 Å². The Morgan fingerprint density at radius 2 is 1.40 bits per heavy atom. The van der Waals surface area contributed by atoms with Crippen molar-refractivity contribution in [2.45, 2.75) is 40.2 Å². The second-order valence-electron chi connectivity index (χ2n) is 3.09. The number of rotatable bonds is 2. The van der Waals surface area contributed by atoms with Gasteiger partial charge in [0.15, 0.2) is 0 Å². The normalized spacial score (nSPS) is 12.3. The molecule has 0 spiro atoms. The molecule has 0 amide bonds. The minimum Gasteiger partial charge on any atom is -0.396 e. The summed E-state index contributed by atoms with van der Waals surface area (Å²) in [6, 6.07) is 0. The average Bonchev–Trinajstić information content (AvgIpc) is 1.62. The first-order chi connectivity index (χ1) is 4.50. The predicted octanol–water partition coefficient (Wildman–Crippen LogP) is 1.41. The Balaban J connectivity index is 0. The van der Waals surface area contributed by atoms with Gasteiger partial charge in [0.25, 0.3) is 0 Å². The molecule has 2 heteroatoms. The molecule has 0 aromatic carbocycles. The van der Waals surface area contributed by atoms with E-state index in [4.69, 9.17) is 10.2 Å². The van der Waals surface area contributed by atoms with Gasteiger partial charge >= 0.3 is 0 Å². The van der Waals surface area contributed by atoms with Crippen LogP contribution in [0, 0.1) is 5.92 Å². The van der Waals surface area contributed by atoms with Crippen molar-refractivity contribution in [1.29, 1.82) is 0 Å². The summed E-state index contributed by atoms with van der Waals surface area (Å²) in [7, 11) is 0. The fourth-order valence-corrected chi connectivity index (χ4v) is 0.187. The molecule has 0 aliphatic carbocycles. The van der Waals surface area contributed by atoms with E-state index < -0.39 is 0 Å². The summed E-state index contributed by atoms with van der Waals surface area (Å²) >= 11 is 0. The molecule has 2 N–H and O–H groups in total. The summed E-state index contributed by atoms with van der Waals surface area (Å²) in [5, 5.41) is 16.5. The van der Waals surface area contributed by atoms with Crippen molar-refractivity contribution in [2.24, 2.45) is 5.92 Å². The van der Waals surface area contributed by atoms with Crippen LogP contribution >= 0.6 is 0 Å². The van der Waals surface area contributed by atoms with Gasteiger partial charge in [-0.2, -0.15) is 0 Å². The Morgan fingerprint density at radius 1 is 1.10 bits per heavy atom. The molecule has 0 saturated heterocycles. The van der Waals surface area contributed by atoms with Crippen LogP contribution in [0.25, 0.3) is 0 Å². The van der Waals surface area contributed by atoms with Crippen LogP contribution in [0.2, 0.25) is 0 Å². The zero-order valence-corrected chi connectivity index (χ0v) is 7.46. The van der Waals surface area contributed by atoms with Crippen molar-refractivity contribution >= 4 is 0 Å². The van der Waals surface area contributed by atoms with Crippen LogP contribution in [-0.2, 0) is 0 Å². The SMILES string of the molecule is CC(C)C.CC(O)CCO. The van der Waals surface area contributed by atoms with Gasteiger partial charge in [-0.3, -0.25) is 0 Å². The molecule has 0 fully saturated rings. The van der Waals surface area contributed by atoms with E-state index in [0.29, 0.717) is 6.42 Å². The molecule has 0 radical (unpaired) electrons. The summed E-state index contributed by atoms with van der Waals surface area (Å²) in [6.45, 7) is 8.23. The zero-order valence-electron chi connectivity index (χ0n) is 7.46. The van der Waals surface area contributed by atoms with E-state index in [1.165, 1.54) is 0 Å². The van der Waals surface area contributed by atoms with Gasteiger partial charge in [0.1, 0.15) is 0 Å². The monoisotopic (exact) mass is 148 g/mol. The smallest absolute Gasteiger partial charge is 0.0533 e. The highest BCUT2D eigenvalue weighted by Crippen LogP contribution is 1.83. The van der Waals surface area contributed by atoms with Crippen LogP contribution in [0.1, 0.15) is 34.1 Å². The third kappa shape index (κ3) is 44.5. The van der Waals surface area contributed by atoms with Gasteiger partial charge in [-0.1, -0.05) is 20.8 Å². The van der Waals surface area contributed by atoms with Gasteiger partial charge in [0.2, 0.25) is 0 Å². The minimum absolute atomic E-state index is 0.0810. The number of hydrogen-bond acceptors (Lipinski definition) is 2. The fourth-order valence-electron chi connectivity index (χ4n) is 0.187. The molecule has 0 bridgehead atoms. The largest absolute Gasteiger partial charge is 0.396 e. The van der Waals surface area contributed by atoms with E-state index in [2.05, 4.69) is 20.8 Å². The molecule has 0 aliphatic heterocycles. The summed E-state index contributed by atoms with van der Waals surface area (Å²) in [6.07, 6.45) is 0.134. The Labute approximate surface area is 63.9 Å². The summed E-state index contributed by atoms with van der Waals surface area (Å²) in [4.78, 5) is 0. The van der Waals surface area contributed by atoms with E-state index in [0.717, 1.165) is 5.92 Å². The topological polar surface area (TPSA) is 40.5 Å². The second-order valence-corrected chi connectivity index (χ2v) is 3.09. The molecule has 0 rings (SSSR count). The van der Waals surface area contributed by atoms with Crippen LogP contribution in [0.3, 0.4) is 0 Å². The van der Waals surface area contributed by atoms with Crippen molar-refractivity contribution in [3.05, 3.63) is 0 Å². The van der Waals surface area contributed by atoms with Crippen LogP contribution < -0.4 is 0 Å². The highest BCUT2D eigenvalue weighted by atomic mass is 16.3. The predicted molar refractivity (Wildman–Crippen MR) is 43.9 cm³/mol. The Hall–Kier alpha value is -0.0800. The molecule has 1 unspecified atom stereocenters. The molecule has 1 atom stereocenters. The maximum absolute atomic E-state index is 8.39. The summed E-state index contributed by atoms with van der Waals surface area (Å²) < 4.78 is 0. The molecule has 0 heterocycles. The highest BCUT2D eigenvalue weighted by Gasteiger charge is 1.88. The maximum atomic E-state index is 8.39. The lowest BCUT2D eigenvalue weighted by Crippen LogP contribution is -2.00. The lowest BCUT2D eigenvalue weighted by molar-refractivity contribution is 0.148. The molecule has 0 aliphatic rings. The van der Waals surface area contributed by atoms with Crippen LogP contribution in [0.4, 0.5) is 0 Å². The van der Waals surface area contributed by atoms with Gasteiger partial charge in [0.05, 0.1) is 6.10 Å². The first kappa shape index (κ1) is 12.6. The molecule has 10 heavy (non-hydrogen) atoms. The van der Waals surface area contributed by atoms with Crippen molar-refractivity contribution in [3.8, 4) is 0 Å². The van der Waals surface area contributed by atoms with E-state index in [-0.39, 0.29) is 12.7 Å². The van der Waals surface area contributed by atoms with Gasteiger partial charge in [-0.05, 0) is 19.3 Å². The number of hydrogen-bond donors (Lipinski definition) is 2. The van der Waals surface area contributed by atoms with Gasteiger partial charge in [-0.15, -0.1) is 0 Å². The zero-order chi connectivity index (χ0) is 8.57. The molecular weight excluding hydrogens is 128 g/mol. The third-order valence-electron chi connectivity index (χ3n) is 0.547. The Morgan fingerprint density at radius 3 is 1.40 bits per heavy atom. The highest BCUT2D eigenvalue weighted by molar-refractivity contribution is 4.40. The van der Waals surface area contributed by atoms with E-state index >= 15 is 0 Å². The molecule has 0 aromatic rings. The summed E-state index contributed by atoms with van der Waals surface area (Å²) in [5.74, 6) is 0.833. The number of aliphatic hydroxyl groups is 2. The molecular formula is C8H20O2. The van der Waals surface area contributed by atoms with Crippen molar-refractivity contribution in [2.75, 3.05) is 6.61 Å². The maximum Gasteiger partial charge on any atom is 0.0533 e. The Bertz CT molecular complexity index is 48.5. The van der Waals surface area contributed by atoms with E-state index in [1.54, 1.807) is 6.92 Å². The standard InChI is InChI=1S/C4H10O2.C4H10/c1-4(6)2-3-5;1-4(2)3/h4-6H,2-3H2,1H3;4H,1-3H3. The quantitative estimate of drug-likeness (QED) is 0.621. The Kier molecular flexibility index (Phi) is 11.2. The fraction of sp³-hybridized carbons (Fsp3) is 1.00. The van der Waals surface area contributed by atoms with Crippen LogP contribution in [0.5, 0.6) is 0 Å². The molecule has 64 valence electrons. The van der Waals surface area contributed by atoms with E-state index in [1.807, 2.05) is 0 Å².